The molecular weight excluding hydrogens is 280 g/mol. The van der Waals surface area contributed by atoms with Crippen LogP contribution in [0.15, 0.2) is 48.5 Å². The predicted molar refractivity (Wildman–Crippen MR) is 84.6 cm³/mol. The first-order valence-electron chi connectivity index (χ1n) is 7.10. The maximum atomic E-state index is 11.1. The molecule has 0 bridgehead atoms. The van der Waals surface area contributed by atoms with Gasteiger partial charge in [-0.05, 0) is 23.8 Å². The number of carbonyl (C=O) groups excluding carboxylic acids is 1. The SMILES string of the molecule is CC(=O)Oc1cccc(N2Cc3ccccc3NC2(C)O)c1. The lowest BCUT2D eigenvalue weighted by Crippen LogP contribution is -2.55. The molecular formula is C17H18N2O3. The van der Waals surface area contributed by atoms with Gasteiger partial charge >= 0.3 is 5.97 Å². The average molecular weight is 298 g/mol. The van der Waals surface area contributed by atoms with Crippen LogP contribution in [0, 0.1) is 0 Å². The standard InChI is InChI=1S/C17H18N2O3/c1-12(20)22-15-8-5-7-14(10-15)19-11-13-6-3-4-9-16(13)18-17(19,2)21/h3-10,18,21H,11H2,1-2H3. The number of hydrogen-bond donors (Lipinski definition) is 2. The second-order valence-electron chi connectivity index (χ2n) is 5.48. The predicted octanol–water partition coefficient (Wildman–Crippen LogP) is 2.71. The lowest BCUT2D eigenvalue weighted by Gasteiger charge is -2.44. The molecule has 0 aromatic heterocycles. The number of anilines is 2. The summed E-state index contributed by atoms with van der Waals surface area (Å²) in [6.45, 7) is 3.61. The molecule has 0 saturated carbocycles. The van der Waals surface area contributed by atoms with E-state index in [4.69, 9.17) is 4.74 Å². The highest BCUT2D eigenvalue weighted by Crippen LogP contribution is 2.34. The Morgan fingerprint density at radius 1 is 1.27 bits per heavy atom. The number of rotatable bonds is 2. The van der Waals surface area contributed by atoms with Crippen molar-refractivity contribution in [2.45, 2.75) is 26.2 Å². The van der Waals surface area contributed by atoms with Gasteiger partial charge in [-0.25, -0.2) is 0 Å². The van der Waals surface area contributed by atoms with E-state index in [1.807, 2.05) is 35.2 Å². The number of esters is 1. The molecule has 1 aliphatic rings. The van der Waals surface area contributed by atoms with E-state index in [9.17, 15) is 9.90 Å². The van der Waals surface area contributed by atoms with E-state index in [0.717, 1.165) is 16.9 Å². The van der Waals surface area contributed by atoms with Gasteiger partial charge < -0.3 is 20.1 Å². The monoisotopic (exact) mass is 298 g/mol. The summed E-state index contributed by atoms with van der Waals surface area (Å²) < 4.78 is 5.12. The summed E-state index contributed by atoms with van der Waals surface area (Å²) >= 11 is 0. The van der Waals surface area contributed by atoms with E-state index in [1.54, 1.807) is 25.1 Å². The van der Waals surface area contributed by atoms with Crippen LogP contribution >= 0.6 is 0 Å². The maximum Gasteiger partial charge on any atom is 0.308 e. The largest absolute Gasteiger partial charge is 0.427 e. The zero-order valence-corrected chi connectivity index (χ0v) is 12.5. The number of benzene rings is 2. The number of aliphatic hydroxyl groups is 1. The molecule has 1 aliphatic heterocycles. The summed E-state index contributed by atoms with van der Waals surface area (Å²) in [7, 11) is 0. The molecule has 3 rings (SSSR count). The van der Waals surface area contributed by atoms with Gasteiger partial charge in [0.2, 0.25) is 5.85 Å². The number of nitrogens with one attached hydrogen (secondary N) is 1. The Labute approximate surface area is 129 Å². The van der Waals surface area contributed by atoms with Crippen molar-refractivity contribution in [3.8, 4) is 5.75 Å². The number of carbonyl (C=O) groups is 1. The molecule has 5 heteroatoms. The number of fused-ring (bicyclic) bond motifs is 1. The lowest BCUT2D eigenvalue weighted by atomic mass is 10.1. The van der Waals surface area contributed by atoms with E-state index >= 15 is 0 Å². The van der Waals surface area contributed by atoms with Crippen LogP contribution < -0.4 is 15.0 Å². The summed E-state index contributed by atoms with van der Waals surface area (Å²) in [5.41, 5.74) is 2.78. The quantitative estimate of drug-likeness (QED) is 0.659. The number of nitrogens with zero attached hydrogens (tertiary/aromatic N) is 1. The van der Waals surface area contributed by atoms with Crippen molar-refractivity contribution < 1.29 is 14.6 Å². The third-order valence-corrected chi connectivity index (χ3v) is 3.63. The molecule has 1 atom stereocenters. The van der Waals surface area contributed by atoms with E-state index in [-0.39, 0.29) is 5.97 Å². The summed E-state index contributed by atoms with van der Waals surface area (Å²) in [4.78, 5) is 12.9. The molecule has 5 nitrogen and oxygen atoms in total. The van der Waals surface area contributed by atoms with Crippen LogP contribution in [0.3, 0.4) is 0 Å². The second-order valence-corrected chi connectivity index (χ2v) is 5.48. The Bertz CT molecular complexity index is 713. The zero-order valence-electron chi connectivity index (χ0n) is 12.5. The maximum absolute atomic E-state index is 11.1. The van der Waals surface area contributed by atoms with E-state index in [2.05, 4.69) is 5.32 Å². The molecule has 0 aliphatic carbocycles. The Kier molecular flexibility index (Phi) is 3.50. The van der Waals surface area contributed by atoms with Crippen LogP contribution in [0.1, 0.15) is 19.4 Å². The van der Waals surface area contributed by atoms with Gasteiger partial charge in [0.25, 0.3) is 0 Å². The van der Waals surface area contributed by atoms with Gasteiger partial charge in [0.15, 0.2) is 0 Å². The minimum atomic E-state index is -1.23. The van der Waals surface area contributed by atoms with Gasteiger partial charge in [-0.3, -0.25) is 4.79 Å². The third-order valence-electron chi connectivity index (χ3n) is 3.63. The van der Waals surface area contributed by atoms with Gasteiger partial charge in [-0.1, -0.05) is 24.3 Å². The molecule has 0 amide bonds. The second kappa shape index (κ2) is 5.35. The topological polar surface area (TPSA) is 61.8 Å². The third kappa shape index (κ3) is 2.76. The van der Waals surface area contributed by atoms with E-state index in [0.29, 0.717) is 12.3 Å². The van der Waals surface area contributed by atoms with Gasteiger partial charge in [0.05, 0.1) is 0 Å². The zero-order chi connectivity index (χ0) is 15.7. The molecule has 0 radical (unpaired) electrons. The smallest absolute Gasteiger partial charge is 0.308 e. The summed E-state index contributed by atoms with van der Waals surface area (Å²) in [5, 5.41) is 13.8. The first kappa shape index (κ1) is 14.4. The van der Waals surface area contributed by atoms with Crippen molar-refractivity contribution in [1.82, 2.24) is 0 Å². The van der Waals surface area contributed by atoms with Crippen molar-refractivity contribution in [3.05, 3.63) is 54.1 Å². The molecule has 2 aromatic rings. The Morgan fingerprint density at radius 2 is 2.05 bits per heavy atom. The summed E-state index contributed by atoms with van der Waals surface area (Å²) in [6.07, 6.45) is 0. The molecule has 1 unspecified atom stereocenters. The van der Waals surface area contributed by atoms with Gasteiger partial charge in [-0.15, -0.1) is 0 Å². The molecule has 0 spiro atoms. The fourth-order valence-electron chi connectivity index (χ4n) is 2.65. The molecule has 0 fully saturated rings. The first-order chi connectivity index (χ1) is 10.5. The van der Waals surface area contributed by atoms with Gasteiger partial charge in [0, 0.05) is 37.8 Å². The highest BCUT2D eigenvalue weighted by atomic mass is 16.5. The van der Waals surface area contributed by atoms with E-state index in [1.165, 1.54) is 6.92 Å². The van der Waals surface area contributed by atoms with Crippen LogP contribution in [0.5, 0.6) is 5.75 Å². The lowest BCUT2D eigenvalue weighted by molar-refractivity contribution is -0.131. The molecule has 2 aromatic carbocycles. The molecule has 0 saturated heterocycles. The van der Waals surface area contributed by atoms with E-state index < -0.39 is 5.85 Å². The van der Waals surface area contributed by atoms with Crippen molar-refractivity contribution in [1.29, 1.82) is 0 Å². The number of ether oxygens (including phenoxy) is 1. The molecule has 2 N–H and O–H groups in total. The number of para-hydroxylation sites is 1. The Hall–Kier alpha value is -2.53. The van der Waals surface area contributed by atoms with Gasteiger partial charge in [0.1, 0.15) is 5.75 Å². The van der Waals surface area contributed by atoms with Crippen molar-refractivity contribution in [2.75, 3.05) is 10.2 Å². The highest BCUT2D eigenvalue weighted by Gasteiger charge is 2.34. The fraction of sp³-hybridized carbons (Fsp3) is 0.235. The van der Waals surface area contributed by atoms with Crippen molar-refractivity contribution in [2.24, 2.45) is 0 Å². The van der Waals surface area contributed by atoms with Crippen molar-refractivity contribution in [3.63, 3.8) is 0 Å². The highest BCUT2D eigenvalue weighted by molar-refractivity contribution is 5.70. The Morgan fingerprint density at radius 3 is 2.82 bits per heavy atom. The molecule has 22 heavy (non-hydrogen) atoms. The van der Waals surface area contributed by atoms with Crippen LogP contribution in [0.2, 0.25) is 0 Å². The van der Waals surface area contributed by atoms with Crippen molar-refractivity contribution >= 4 is 17.3 Å². The Balaban J connectivity index is 1.95. The minimum Gasteiger partial charge on any atom is -0.427 e. The first-order valence-corrected chi connectivity index (χ1v) is 7.10. The van der Waals surface area contributed by atoms with Crippen LogP contribution in [-0.2, 0) is 11.3 Å². The van der Waals surface area contributed by atoms with Crippen LogP contribution in [-0.4, -0.2) is 16.9 Å². The normalized spacial score (nSPS) is 20.0. The van der Waals surface area contributed by atoms with Crippen LogP contribution in [0.4, 0.5) is 11.4 Å². The number of hydrogen-bond acceptors (Lipinski definition) is 5. The molecule has 114 valence electrons. The fourth-order valence-corrected chi connectivity index (χ4v) is 2.65. The molecule has 1 heterocycles. The summed E-state index contributed by atoms with van der Waals surface area (Å²) in [5.74, 6) is -1.14. The van der Waals surface area contributed by atoms with Crippen LogP contribution in [0.25, 0.3) is 0 Å². The minimum absolute atomic E-state index is 0.369. The summed E-state index contributed by atoms with van der Waals surface area (Å²) in [6, 6.07) is 15.0. The average Bonchev–Trinajstić information content (AvgIpc) is 2.45. The van der Waals surface area contributed by atoms with Gasteiger partial charge in [-0.2, -0.15) is 0 Å².